The van der Waals surface area contributed by atoms with Gasteiger partial charge in [0.15, 0.2) is 5.65 Å². The minimum Gasteiger partial charge on any atom is -0.457 e. The number of amides is 1. The molecule has 2 N–H and O–H groups in total. The van der Waals surface area contributed by atoms with Gasteiger partial charge in [0.25, 0.3) is 5.91 Å². The average Bonchev–Trinajstić information content (AvgIpc) is 3.29. The number of nitrogens with zero attached hydrogens (tertiary/aromatic N) is 5. The van der Waals surface area contributed by atoms with Crippen molar-refractivity contribution in [3.05, 3.63) is 73.4 Å². The first-order chi connectivity index (χ1) is 16.2. The summed E-state index contributed by atoms with van der Waals surface area (Å²) in [6, 6.07) is 16.5. The van der Waals surface area contributed by atoms with Crippen molar-refractivity contribution in [3.63, 3.8) is 0 Å². The molecule has 0 atom stereocenters. The zero-order valence-corrected chi connectivity index (χ0v) is 17.5. The molecule has 9 nitrogen and oxygen atoms in total. The van der Waals surface area contributed by atoms with E-state index >= 15 is 0 Å². The first-order valence-corrected chi connectivity index (χ1v) is 10.0. The van der Waals surface area contributed by atoms with E-state index in [4.69, 9.17) is 4.74 Å². The number of pyridine rings is 1. The number of hydrogen-bond acceptors (Lipinski definition) is 7. The van der Waals surface area contributed by atoms with Crippen molar-refractivity contribution in [2.24, 2.45) is 0 Å². The molecule has 3 aromatic heterocycles. The fourth-order valence-electron chi connectivity index (χ4n) is 3.25. The summed E-state index contributed by atoms with van der Waals surface area (Å²) >= 11 is 0. The lowest BCUT2D eigenvalue weighted by atomic mass is 10.2. The smallest absolute Gasteiger partial charge is 0.300 e. The largest absolute Gasteiger partial charge is 0.457 e. The first-order valence-electron chi connectivity index (χ1n) is 10.0. The number of ether oxygens (including phenoxy) is 1. The van der Waals surface area contributed by atoms with E-state index in [9.17, 15) is 4.79 Å². The molecule has 0 saturated heterocycles. The zero-order valence-electron chi connectivity index (χ0n) is 17.5. The second-order valence-electron chi connectivity index (χ2n) is 6.96. The number of benzene rings is 2. The molecule has 2 aromatic carbocycles. The van der Waals surface area contributed by atoms with E-state index in [1.165, 1.54) is 12.7 Å². The van der Waals surface area contributed by atoms with E-state index in [0.29, 0.717) is 28.7 Å². The molecule has 3 heterocycles. The summed E-state index contributed by atoms with van der Waals surface area (Å²) in [5.41, 5.74) is 2.89. The van der Waals surface area contributed by atoms with Crippen LogP contribution in [0.1, 0.15) is 6.92 Å². The molecule has 0 aliphatic rings. The minimum absolute atomic E-state index is 0.373. The Kier molecular flexibility index (Phi) is 5.23. The van der Waals surface area contributed by atoms with Gasteiger partial charge >= 0.3 is 0 Å². The molecular weight excluding hydrogens is 418 g/mol. The fraction of sp³-hybridized carbons (Fsp3) is 0.0417. The van der Waals surface area contributed by atoms with Crippen LogP contribution >= 0.6 is 0 Å². The number of carbonyl (C=O) groups is 1. The highest BCUT2D eigenvalue weighted by atomic mass is 16.5. The Morgan fingerprint density at radius 1 is 0.939 bits per heavy atom. The summed E-state index contributed by atoms with van der Waals surface area (Å²) in [5.74, 6) is 6.63. The van der Waals surface area contributed by atoms with E-state index in [2.05, 4.69) is 42.5 Å². The molecule has 0 unspecified atom stereocenters. The van der Waals surface area contributed by atoms with Crippen LogP contribution in [0.15, 0.2) is 73.4 Å². The second-order valence-corrected chi connectivity index (χ2v) is 6.96. The fourth-order valence-corrected chi connectivity index (χ4v) is 3.25. The topological polar surface area (TPSA) is 106 Å². The summed E-state index contributed by atoms with van der Waals surface area (Å²) < 4.78 is 7.58. The van der Waals surface area contributed by atoms with Gasteiger partial charge in [-0.1, -0.05) is 5.92 Å². The van der Waals surface area contributed by atoms with Crippen LogP contribution < -0.4 is 15.4 Å². The number of fused-ring (bicyclic) bond motifs is 2. The van der Waals surface area contributed by atoms with Crippen LogP contribution in [0.4, 0.5) is 17.2 Å². The van der Waals surface area contributed by atoms with Crippen molar-refractivity contribution in [1.29, 1.82) is 0 Å². The van der Waals surface area contributed by atoms with Crippen LogP contribution in [0.5, 0.6) is 11.5 Å². The molecule has 160 valence electrons. The Balaban J connectivity index is 1.35. The molecule has 5 rings (SSSR count). The molecule has 0 aliphatic carbocycles. The average molecular weight is 435 g/mol. The summed E-state index contributed by atoms with van der Waals surface area (Å²) in [6.45, 7) is 1.61. The van der Waals surface area contributed by atoms with Gasteiger partial charge in [0, 0.05) is 29.0 Å². The van der Waals surface area contributed by atoms with Gasteiger partial charge in [0.05, 0.1) is 5.52 Å². The molecule has 5 aromatic rings. The molecule has 0 aliphatic heterocycles. The van der Waals surface area contributed by atoms with Gasteiger partial charge < -0.3 is 15.4 Å². The monoisotopic (exact) mass is 435 g/mol. The van der Waals surface area contributed by atoms with Crippen LogP contribution in [0.25, 0.3) is 16.6 Å². The maximum Gasteiger partial charge on any atom is 0.300 e. The summed E-state index contributed by atoms with van der Waals surface area (Å²) in [7, 11) is 0. The van der Waals surface area contributed by atoms with Crippen molar-refractivity contribution in [2.45, 2.75) is 6.92 Å². The Hall–Kier alpha value is -4.97. The third-order valence-corrected chi connectivity index (χ3v) is 4.74. The Labute approximate surface area is 188 Å². The van der Waals surface area contributed by atoms with Crippen molar-refractivity contribution >= 4 is 39.6 Å². The number of aromatic nitrogens is 5. The molecule has 9 heteroatoms. The van der Waals surface area contributed by atoms with Gasteiger partial charge in [-0.15, -0.1) is 0 Å². The van der Waals surface area contributed by atoms with Gasteiger partial charge in [-0.2, -0.15) is 5.10 Å². The zero-order chi connectivity index (χ0) is 22.6. The van der Waals surface area contributed by atoms with Crippen LogP contribution in [-0.2, 0) is 4.79 Å². The Morgan fingerprint density at radius 3 is 2.64 bits per heavy atom. The van der Waals surface area contributed by atoms with E-state index in [1.807, 2.05) is 48.5 Å². The van der Waals surface area contributed by atoms with Crippen LogP contribution in [0.3, 0.4) is 0 Å². The van der Waals surface area contributed by atoms with Crippen LogP contribution in [0.2, 0.25) is 0 Å². The second kappa shape index (κ2) is 8.64. The predicted octanol–water partition coefficient (Wildman–Crippen LogP) is 4.17. The van der Waals surface area contributed by atoms with E-state index in [-0.39, 0.29) is 5.91 Å². The third kappa shape index (κ3) is 4.40. The van der Waals surface area contributed by atoms with E-state index < -0.39 is 0 Å². The SMILES string of the molecule is CC#CC(=O)Nc1ccc2ncnc(Nc3ccc(Oc4ccn5ncnc5c4)cc3)c2c1. The van der Waals surface area contributed by atoms with Crippen molar-refractivity contribution in [2.75, 3.05) is 10.6 Å². The Morgan fingerprint density at radius 2 is 1.79 bits per heavy atom. The van der Waals surface area contributed by atoms with E-state index in [1.54, 1.807) is 23.7 Å². The highest BCUT2D eigenvalue weighted by Crippen LogP contribution is 2.28. The van der Waals surface area contributed by atoms with Gasteiger partial charge in [-0.25, -0.2) is 19.5 Å². The molecule has 33 heavy (non-hydrogen) atoms. The predicted molar refractivity (Wildman–Crippen MR) is 124 cm³/mol. The van der Waals surface area contributed by atoms with Crippen LogP contribution in [-0.4, -0.2) is 30.5 Å². The number of carbonyl (C=O) groups excluding carboxylic acids is 1. The maximum atomic E-state index is 11.8. The van der Waals surface area contributed by atoms with Crippen molar-refractivity contribution < 1.29 is 9.53 Å². The quantitative estimate of drug-likeness (QED) is 0.399. The normalized spacial score (nSPS) is 10.5. The molecule has 0 bridgehead atoms. The standard InChI is InChI=1S/C24H17N7O2/c1-2-3-23(32)29-17-6-9-21-20(12-17)24(27-14-25-21)30-16-4-7-18(8-5-16)33-19-10-11-31-22(13-19)26-15-28-31/h4-15H,1H3,(H,29,32)(H,25,27,30). The van der Waals surface area contributed by atoms with Gasteiger partial charge in [0.1, 0.15) is 30.0 Å². The van der Waals surface area contributed by atoms with Gasteiger partial charge in [0.2, 0.25) is 0 Å². The third-order valence-electron chi connectivity index (χ3n) is 4.74. The molecular formula is C24H17N7O2. The lowest BCUT2D eigenvalue weighted by Gasteiger charge is -2.11. The molecule has 1 amide bonds. The van der Waals surface area contributed by atoms with Crippen molar-refractivity contribution in [1.82, 2.24) is 24.6 Å². The number of nitrogens with one attached hydrogen (secondary N) is 2. The molecule has 0 saturated carbocycles. The summed E-state index contributed by atoms with van der Waals surface area (Å²) in [6.07, 6.45) is 4.77. The molecule has 0 fully saturated rings. The lowest BCUT2D eigenvalue weighted by molar-refractivity contribution is -0.111. The van der Waals surface area contributed by atoms with Crippen LogP contribution in [0, 0.1) is 11.8 Å². The number of anilines is 3. The van der Waals surface area contributed by atoms with Crippen molar-refractivity contribution in [3.8, 4) is 23.3 Å². The molecule has 0 radical (unpaired) electrons. The summed E-state index contributed by atoms with van der Waals surface area (Å²) in [5, 5.41) is 10.9. The van der Waals surface area contributed by atoms with Gasteiger partial charge in [-0.3, -0.25) is 4.79 Å². The number of hydrogen-bond donors (Lipinski definition) is 2. The highest BCUT2D eigenvalue weighted by Gasteiger charge is 2.08. The molecule has 0 spiro atoms. The van der Waals surface area contributed by atoms with E-state index in [0.717, 1.165) is 16.6 Å². The Bertz CT molecular complexity index is 1530. The summed E-state index contributed by atoms with van der Waals surface area (Å²) in [4.78, 5) is 24.6. The van der Waals surface area contributed by atoms with Gasteiger partial charge in [-0.05, 0) is 61.4 Å². The lowest BCUT2D eigenvalue weighted by Crippen LogP contribution is -2.08. The highest BCUT2D eigenvalue weighted by molar-refractivity contribution is 6.05. The first kappa shape index (κ1) is 20.0. The maximum absolute atomic E-state index is 11.8. The number of rotatable bonds is 5. The minimum atomic E-state index is -0.373.